The molecule has 2 nitrogen and oxygen atoms in total. The molecule has 0 spiro atoms. The van der Waals surface area contributed by atoms with Crippen LogP contribution in [0.2, 0.25) is 5.02 Å². The third-order valence-corrected chi connectivity index (χ3v) is 4.03. The Morgan fingerprint density at radius 3 is 2.60 bits per heavy atom. The molecule has 6 heteroatoms. The van der Waals surface area contributed by atoms with Crippen LogP contribution in [-0.2, 0) is 0 Å². The Morgan fingerprint density at radius 1 is 1.25 bits per heavy atom. The number of methoxy groups -OCH3 is 1. The maximum Gasteiger partial charge on any atom is 0.393 e. The molecule has 0 aliphatic heterocycles. The average molecular weight is 308 g/mol. The highest BCUT2D eigenvalue weighted by Crippen LogP contribution is 2.40. The molecule has 0 saturated heterocycles. The van der Waals surface area contributed by atoms with Crippen LogP contribution in [0.4, 0.5) is 18.9 Å². The van der Waals surface area contributed by atoms with E-state index in [2.05, 4.69) is 5.32 Å². The highest BCUT2D eigenvalue weighted by molar-refractivity contribution is 6.33. The van der Waals surface area contributed by atoms with Gasteiger partial charge in [0, 0.05) is 12.1 Å². The predicted octanol–water partition coefficient (Wildman–Crippen LogP) is 4.88. The fourth-order valence-corrected chi connectivity index (χ4v) is 2.81. The number of anilines is 1. The summed E-state index contributed by atoms with van der Waals surface area (Å²) < 4.78 is 44.2. The number of nitrogens with one attached hydrogen (secondary N) is 1. The molecule has 1 aliphatic rings. The lowest BCUT2D eigenvalue weighted by Crippen LogP contribution is -2.41. The van der Waals surface area contributed by atoms with Crippen LogP contribution in [0.3, 0.4) is 0 Å². The first-order valence-corrected chi connectivity index (χ1v) is 6.96. The third kappa shape index (κ3) is 3.51. The molecule has 2 rings (SSSR count). The Kier molecular flexibility index (Phi) is 4.68. The maximum atomic E-state index is 13.0. The van der Waals surface area contributed by atoms with Gasteiger partial charge in [-0.2, -0.15) is 13.2 Å². The van der Waals surface area contributed by atoms with E-state index in [0.717, 1.165) is 6.42 Å². The van der Waals surface area contributed by atoms with Crippen LogP contribution >= 0.6 is 11.6 Å². The van der Waals surface area contributed by atoms with Gasteiger partial charge in [-0.05, 0) is 25.0 Å². The fraction of sp³-hybridized carbons (Fsp3) is 0.571. The average Bonchev–Trinajstić information content (AvgIpc) is 2.41. The van der Waals surface area contributed by atoms with E-state index in [0.29, 0.717) is 29.3 Å². The van der Waals surface area contributed by atoms with Crippen LogP contribution in [0.1, 0.15) is 25.7 Å². The summed E-state index contributed by atoms with van der Waals surface area (Å²) in [5.74, 6) is -0.755. The molecular formula is C14H17ClF3NO. The lowest BCUT2D eigenvalue weighted by molar-refractivity contribution is -0.184. The maximum absolute atomic E-state index is 13.0. The van der Waals surface area contributed by atoms with Gasteiger partial charge in [0.15, 0.2) is 0 Å². The SMILES string of the molecule is COc1ccc(Cl)c(NC2CCCCC2C(F)(F)F)c1. The minimum Gasteiger partial charge on any atom is -0.497 e. The predicted molar refractivity (Wildman–Crippen MR) is 73.4 cm³/mol. The van der Waals surface area contributed by atoms with Crippen LogP contribution < -0.4 is 10.1 Å². The van der Waals surface area contributed by atoms with E-state index in [1.165, 1.54) is 7.11 Å². The van der Waals surface area contributed by atoms with Crippen molar-refractivity contribution in [3.8, 4) is 5.75 Å². The summed E-state index contributed by atoms with van der Waals surface area (Å²) in [5.41, 5.74) is 0.493. The molecule has 1 aliphatic carbocycles. The highest BCUT2D eigenvalue weighted by atomic mass is 35.5. The summed E-state index contributed by atoms with van der Waals surface area (Å²) in [6.45, 7) is 0. The van der Waals surface area contributed by atoms with Crippen molar-refractivity contribution in [3.63, 3.8) is 0 Å². The summed E-state index contributed by atoms with van der Waals surface area (Å²) in [6, 6.07) is 4.29. The van der Waals surface area contributed by atoms with Gasteiger partial charge in [0.05, 0.1) is 23.7 Å². The number of ether oxygens (including phenoxy) is 1. The van der Waals surface area contributed by atoms with Crippen LogP contribution in [0, 0.1) is 5.92 Å². The summed E-state index contributed by atoms with van der Waals surface area (Å²) in [7, 11) is 1.51. The molecule has 20 heavy (non-hydrogen) atoms. The van der Waals surface area contributed by atoms with Gasteiger partial charge in [0.2, 0.25) is 0 Å². The zero-order chi connectivity index (χ0) is 14.8. The Hall–Kier alpha value is -1.10. The molecule has 2 unspecified atom stereocenters. The summed E-state index contributed by atoms with van der Waals surface area (Å²) in [4.78, 5) is 0. The molecule has 2 atom stereocenters. The van der Waals surface area contributed by atoms with Crippen molar-refractivity contribution in [1.29, 1.82) is 0 Å². The molecule has 1 aromatic carbocycles. The number of hydrogen-bond donors (Lipinski definition) is 1. The number of halogens is 4. The second-order valence-electron chi connectivity index (χ2n) is 5.03. The van der Waals surface area contributed by atoms with E-state index in [9.17, 15) is 13.2 Å². The minimum atomic E-state index is -4.18. The molecular weight excluding hydrogens is 291 g/mol. The first-order chi connectivity index (χ1) is 9.41. The third-order valence-electron chi connectivity index (χ3n) is 3.70. The van der Waals surface area contributed by atoms with Gasteiger partial charge in [0.25, 0.3) is 0 Å². The molecule has 1 N–H and O–H groups in total. The minimum absolute atomic E-state index is 0.169. The van der Waals surface area contributed by atoms with Crippen LogP contribution in [0.25, 0.3) is 0 Å². The first kappa shape index (κ1) is 15.3. The molecule has 0 aromatic heterocycles. The second-order valence-corrected chi connectivity index (χ2v) is 5.44. The van der Waals surface area contributed by atoms with E-state index in [-0.39, 0.29) is 6.42 Å². The molecule has 0 bridgehead atoms. The van der Waals surface area contributed by atoms with Crippen molar-refractivity contribution in [2.45, 2.75) is 37.9 Å². The van der Waals surface area contributed by atoms with E-state index >= 15 is 0 Å². The smallest absolute Gasteiger partial charge is 0.393 e. The highest BCUT2D eigenvalue weighted by Gasteiger charge is 2.45. The largest absolute Gasteiger partial charge is 0.497 e. The molecule has 1 saturated carbocycles. The normalized spacial score (nSPS) is 23.4. The second kappa shape index (κ2) is 6.12. The van der Waals surface area contributed by atoms with Crippen LogP contribution in [0.15, 0.2) is 18.2 Å². The van der Waals surface area contributed by atoms with Gasteiger partial charge < -0.3 is 10.1 Å². The van der Waals surface area contributed by atoms with Gasteiger partial charge >= 0.3 is 6.18 Å². The van der Waals surface area contributed by atoms with E-state index in [1.807, 2.05) is 0 Å². The summed E-state index contributed by atoms with van der Waals surface area (Å²) in [6.07, 6.45) is -2.09. The van der Waals surface area contributed by atoms with Gasteiger partial charge in [0.1, 0.15) is 5.75 Å². The lowest BCUT2D eigenvalue weighted by atomic mass is 9.84. The molecule has 0 heterocycles. The Bertz CT molecular complexity index is 464. The molecule has 0 radical (unpaired) electrons. The molecule has 0 amide bonds. The quantitative estimate of drug-likeness (QED) is 0.859. The van der Waals surface area contributed by atoms with Crippen molar-refractivity contribution in [2.24, 2.45) is 5.92 Å². The van der Waals surface area contributed by atoms with Gasteiger partial charge in [-0.1, -0.05) is 24.4 Å². The van der Waals surface area contributed by atoms with Crippen LogP contribution in [0.5, 0.6) is 5.75 Å². The number of rotatable bonds is 3. The Morgan fingerprint density at radius 2 is 1.95 bits per heavy atom. The van der Waals surface area contributed by atoms with Crippen molar-refractivity contribution in [3.05, 3.63) is 23.2 Å². The van der Waals surface area contributed by atoms with Gasteiger partial charge in [-0.25, -0.2) is 0 Å². The number of hydrogen-bond acceptors (Lipinski definition) is 2. The zero-order valence-corrected chi connectivity index (χ0v) is 11.9. The van der Waals surface area contributed by atoms with E-state index in [1.54, 1.807) is 18.2 Å². The summed E-state index contributed by atoms with van der Waals surface area (Å²) in [5, 5.41) is 3.35. The van der Waals surface area contributed by atoms with E-state index in [4.69, 9.17) is 16.3 Å². The molecule has 112 valence electrons. The Labute approximate surface area is 121 Å². The van der Waals surface area contributed by atoms with Crippen LogP contribution in [-0.4, -0.2) is 19.3 Å². The number of benzene rings is 1. The van der Waals surface area contributed by atoms with Crippen molar-refractivity contribution < 1.29 is 17.9 Å². The first-order valence-electron chi connectivity index (χ1n) is 6.58. The monoisotopic (exact) mass is 307 g/mol. The summed E-state index contributed by atoms with van der Waals surface area (Å²) >= 11 is 6.04. The van der Waals surface area contributed by atoms with Gasteiger partial charge in [-0.15, -0.1) is 0 Å². The molecule has 1 aromatic rings. The fourth-order valence-electron chi connectivity index (χ4n) is 2.64. The van der Waals surface area contributed by atoms with Crippen molar-refractivity contribution in [1.82, 2.24) is 0 Å². The standard InChI is InChI=1S/C14H17ClF3NO/c1-20-9-6-7-11(15)13(8-9)19-12-5-3-2-4-10(12)14(16,17)18/h6-8,10,12,19H,2-5H2,1H3. The van der Waals surface area contributed by atoms with Crippen molar-refractivity contribution >= 4 is 17.3 Å². The zero-order valence-electron chi connectivity index (χ0n) is 11.1. The number of alkyl halides is 3. The lowest BCUT2D eigenvalue weighted by Gasteiger charge is -2.34. The topological polar surface area (TPSA) is 21.3 Å². The van der Waals surface area contributed by atoms with E-state index < -0.39 is 18.1 Å². The van der Waals surface area contributed by atoms with Gasteiger partial charge in [-0.3, -0.25) is 0 Å². The van der Waals surface area contributed by atoms with Crippen molar-refractivity contribution in [2.75, 3.05) is 12.4 Å². The Balaban J connectivity index is 2.18. The molecule has 1 fully saturated rings.